The predicted octanol–water partition coefficient (Wildman–Crippen LogP) is 1.28. The molecule has 104 valence electrons. The van der Waals surface area contributed by atoms with Gasteiger partial charge >= 0.3 is 6.18 Å². The standard InChI is InChI=1S/C9H19F3N4.HI/c1-13-8(14-2)15-5-4-6-16(3)7-9(10,11)12;/h4-7H2,1-3H3,(H2,13,14,15);1H. The number of hydrogen-bond donors (Lipinski definition) is 2. The first-order valence-electron chi connectivity index (χ1n) is 5.02. The minimum absolute atomic E-state index is 0. The molecule has 0 bridgehead atoms. The third kappa shape index (κ3) is 12.0. The molecule has 0 aliphatic carbocycles. The number of aliphatic imine (C=N–C) groups is 1. The lowest BCUT2D eigenvalue weighted by molar-refractivity contribution is -0.143. The van der Waals surface area contributed by atoms with Crippen molar-refractivity contribution in [3.05, 3.63) is 0 Å². The second-order valence-corrected chi connectivity index (χ2v) is 3.46. The van der Waals surface area contributed by atoms with Crippen LogP contribution in [0.25, 0.3) is 0 Å². The van der Waals surface area contributed by atoms with Crippen LogP contribution in [0, 0.1) is 0 Å². The van der Waals surface area contributed by atoms with Crippen molar-refractivity contribution >= 4 is 29.9 Å². The number of rotatable bonds is 5. The topological polar surface area (TPSA) is 39.7 Å². The van der Waals surface area contributed by atoms with Crippen LogP contribution in [0.4, 0.5) is 13.2 Å². The lowest BCUT2D eigenvalue weighted by Gasteiger charge is -2.18. The van der Waals surface area contributed by atoms with E-state index in [2.05, 4.69) is 15.6 Å². The van der Waals surface area contributed by atoms with Crippen molar-refractivity contribution in [1.82, 2.24) is 15.5 Å². The van der Waals surface area contributed by atoms with Crippen molar-refractivity contribution < 1.29 is 13.2 Å². The summed E-state index contributed by atoms with van der Waals surface area (Å²) in [6.07, 6.45) is -3.49. The van der Waals surface area contributed by atoms with Crippen LogP contribution >= 0.6 is 24.0 Å². The zero-order chi connectivity index (χ0) is 12.6. The van der Waals surface area contributed by atoms with Crippen LogP contribution in [0.2, 0.25) is 0 Å². The summed E-state index contributed by atoms with van der Waals surface area (Å²) in [6, 6.07) is 0. The van der Waals surface area contributed by atoms with Crippen molar-refractivity contribution in [2.45, 2.75) is 12.6 Å². The maximum Gasteiger partial charge on any atom is 0.401 e. The Bertz CT molecular complexity index is 221. The Hall–Kier alpha value is -0.250. The first kappa shape index (κ1) is 19.1. The van der Waals surface area contributed by atoms with E-state index in [0.29, 0.717) is 25.5 Å². The maximum absolute atomic E-state index is 12.0. The Labute approximate surface area is 117 Å². The van der Waals surface area contributed by atoms with Crippen molar-refractivity contribution in [2.24, 2.45) is 4.99 Å². The fourth-order valence-electron chi connectivity index (χ4n) is 1.22. The molecule has 0 saturated heterocycles. The summed E-state index contributed by atoms with van der Waals surface area (Å²) in [5.41, 5.74) is 0. The maximum atomic E-state index is 12.0. The molecule has 0 aromatic rings. The van der Waals surface area contributed by atoms with E-state index in [1.54, 1.807) is 14.1 Å². The molecule has 0 fully saturated rings. The normalized spacial score (nSPS) is 12.3. The zero-order valence-corrected chi connectivity index (χ0v) is 12.6. The Morgan fingerprint density at radius 1 is 1.35 bits per heavy atom. The van der Waals surface area contributed by atoms with Gasteiger partial charge in [-0.05, 0) is 20.0 Å². The minimum Gasteiger partial charge on any atom is -0.359 e. The largest absolute Gasteiger partial charge is 0.401 e. The molecule has 0 unspecified atom stereocenters. The molecular formula is C9H20F3IN4. The molecule has 2 N–H and O–H groups in total. The van der Waals surface area contributed by atoms with Gasteiger partial charge in [-0.15, -0.1) is 24.0 Å². The van der Waals surface area contributed by atoms with Crippen LogP contribution in [0.3, 0.4) is 0 Å². The molecule has 0 spiro atoms. The van der Waals surface area contributed by atoms with Gasteiger partial charge in [0.2, 0.25) is 0 Å². The molecule has 0 aromatic heterocycles. The molecule has 0 radical (unpaired) electrons. The lowest BCUT2D eigenvalue weighted by atomic mass is 10.4. The summed E-state index contributed by atoms with van der Waals surface area (Å²) in [5.74, 6) is 0.637. The molecule has 8 heteroatoms. The van der Waals surface area contributed by atoms with Gasteiger partial charge in [0, 0.05) is 20.6 Å². The molecule has 0 rings (SSSR count). The molecule has 0 amide bonds. The number of nitrogens with one attached hydrogen (secondary N) is 2. The number of halogens is 4. The van der Waals surface area contributed by atoms with E-state index in [9.17, 15) is 13.2 Å². The van der Waals surface area contributed by atoms with E-state index in [-0.39, 0.29) is 24.0 Å². The van der Waals surface area contributed by atoms with Gasteiger partial charge < -0.3 is 10.6 Å². The second kappa shape index (κ2) is 9.75. The van der Waals surface area contributed by atoms with Crippen molar-refractivity contribution in [3.63, 3.8) is 0 Å². The predicted molar refractivity (Wildman–Crippen MR) is 74.0 cm³/mol. The smallest absolute Gasteiger partial charge is 0.359 e. The van der Waals surface area contributed by atoms with Crippen molar-refractivity contribution in [3.8, 4) is 0 Å². The fourth-order valence-corrected chi connectivity index (χ4v) is 1.22. The molecule has 0 aliphatic heterocycles. The van der Waals surface area contributed by atoms with Gasteiger partial charge in [-0.3, -0.25) is 9.89 Å². The van der Waals surface area contributed by atoms with Gasteiger partial charge in [0.1, 0.15) is 0 Å². The van der Waals surface area contributed by atoms with E-state index in [4.69, 9.17) is 0 Å². The van der Waals surface area contributed by atoms with E-state index in [1.807, 2.05) is 0 Å². The van der Waals surface area contributed by atoms with E-state index < -0.39 is 12.7 Å². The third-order valence-electron chi connectivity index (χ3n) is 1.92. The summed E-state index contributed by atoms with van der Waals surface area (Å²) in [6.45, 7) is 0.122. The van der Waals surface area contributed by atoms with Crippen LogP contribution in [0.1, 0.15) is 6.42 Å². The Morgan fingerprint density at radius 2 is 1.94 bits per heavy atom. The average Bonchev–Trinajstić information content (AvgIpc) is 2.15. The molecule has 0 aromatic carbocycles. The number of guanidine groups is 1. The molecule has 0 atom stereocenters. The van der Waals surface area contributed by atoms with E-state index >= 15 is 0 Å². The third-order valence-corrected chi connectivity index (χ3v) is 1.92. The summed E-state index contributed by atoms with van der Waals surface area (Å²) in [5, 5.41) is 5.79. The molecule has 0 heterocycles. The van der Waals surface area contributed by atoms with Gasteiger partial charge in [-0.2, -0.15) is 13.2 Å². The Balaban J connectivity index is 0. The Kier molecular flexibility index (Phi) is 10.9. The highest BCUT2D eigenvalue weighted by molar-refractivity contribution is 14.0. The lowest BCUT2D eigenvalue weighted by Crippen LogP contribution is -2.37. The summed E-state index contributed by atoms with van der Waals surface area (Å²) in [4.78, 5) is 5.14. The highest BCUT2D eigenvalue weighted by Crippen LogP contribution is 2.15. The van der Waals surface area contributed by atoms with E-state index in [1.165, 1.54) is 11.9 Å². The van der Waals surface area contributed by atoms with Crippen LogP contribution in [0.15, 0.2) is 4.99 Å². The number of alkyl halides is 3. The highest BCUT2D eigenvalue weighted by Gasteiger charge is 2.28. The molecule has 17 heavy (non-hydrogen) atoms. The molecule has 0 saturated carbocycles. The van der Waals surface area contributed by atoms with Crippen LogP contribution in [0.5, 0.6) is 0 Å². The SMILES string of the molecule is CN=C(NC)NCCCN(C)CC(F)(F)F.I. The van der Waals surface area contributed by atoms with Gasteiger partial charge in [-0.1, -0.05) is 0 Å². The first-order chi connectivity index (χ1) is 7.39. The summed E-state index contributed by atoms with van der Waals surface area (Å²) >= 11 is 0. The second-order valence-electron chi connectivity index (χ2n) is 3.46. The van der Waals surface area contributed by atoms with Crippen molar-refractivity contribution in [2.75, 3.05) is 40.8 Å². The van der Waals surface area contributed by atoms with Gasteiger partial charge in [-0.25, -0.2) is 0 Å². The van der Waals surface area contributed by atoms with Crippen LogP contribution in [-0.4, -0.2) is 57.8 Å². The molecule has 4 nitrogen and oxygen atoms in total. The summed E-state index contributed by atoms with van der Waals surface area (Å²) in [7, 11) is 4.82. The van der Waals surface area contributed by atoms with Gasteiger partial charge in [0.05, 0.1) is 6.54 Å². The summed E-state index contributed by atoms with van der Waals surface area (Å²) < 4.78 is 35.9. The number of nitrogens with zero attached hydrogens (tertiary/aromatic N) is 2. The quantitative estimate of drug-likeness (QED) is 0.333. The number of hydrogen-bond acceptors (Lipinski definition) is 2. The average molecular weight is 368 g/mol. The monoisotopic (exact) mass is 368 g/mol. The van der Waals surface area contributed by atoms with Crippen molar-refractivity contribution in [1.29, 1.82) is 0 Å². The molecular weight excluding hydrogens is 348 g/mol. The zero-order valence-electron chi connectivity index (χ0n) is 10.3. The van der Waals surface area contributed by atoms with Gasteiger partial charge in [0.15, 0.2) is 5.96 Å². The first-order valence-corrected chi connectivity index (χ1v) is 5.02. The van der Waals surface area contributed by atoms with E-state index in [0.717, 1.165) is 0 Å². The minimum atomic E-state index is -4.12. The molecule has 0 aliphatic rings. The van der Waals surface area contributed by atoms with Crippen LogP contribution in [-0.2, 0) is 0 Å². The van der Waals surface area contributed by atoms with Crippen LogP contribution < -0.4 is 10.6 Å². The van der Waals surface area contributed by atoms with Gasteiger partial charge in [0.25, 0.3) is 0 Å². The fraction of sp³-hybridized carbons (Fsp3) is 0.889. The Morgan fingerprint density at radius 3 is 2.35 bits per heavy atom. The highest BCUT2D eigenvalue weighted by atomic mass is 127.